The zero-order valence-electron chi connectivity index (χ0n) is 16.1. The first kappa shape index (κ1) is 20.3. The number of hydrogen-bond donors (Lipinski definition) is 0. The Morgan fingerprint density at radius 1 is 1.33 bits per heavy atom. The van der Waals surface area contributed by atoms with Gasteiger partial charge in [-0.05, 0) is 57.7 Å². The monoisotopic (exact) mass is 395 g/mol. The molecule has 0 aromatic heterocycles. The molecule has 5 atom stereocenters. The highest BCUT2D eigenvalue weighted by Gasteiger charge is 2.65. The molecule has 1 aromatic rings. The second kappa shape index (κ2) is 7.89. The van der Waals surface area contributed by atoms with Gasteiger partial charge >= 0.3 is 5.97 Å². The van der Waals surface area contributed by atoms with E-state index in [4.69, 9.17) is 9.47 Å². The van der Waals surface area contributed by atoms with Crippen LogP contribution in [0.15, 0.2) is 28.7 Å². The minimum absolute atomic E-state index is 0.0476. The van der Waals surface area contributed by atoms with Crippen molar-refractivity contribution >= 4 is 23.0 Å². The molecular formula is C20H26FNO4S. The highest BCUT2D eigenvalue weighted by atomic mass is 32.2. The van der Waals surface area contributed by atoms with Crippen molar-refractivity contribution in [2.45, 2.75) is 51.6 Å². The van der Waals surface area contributed by atoms with Gasteiger partial charge in [-0.25, -0.2) is 4.39 Å². The van der Waals surface area contributed by atoms with Crippen LogP contribution in [-0.4, -0.2) is 33.7 Å². The second-order valence-electron chi connectivity index (χ2n) is 8.01. The molecule has 5 unspecified atom stereocenters. The van der Waals surface area contributed by atoms with E-state index in [1.807, 2.05) is 20.8 Å². The first-order valence-corrected chi connectivity index (χ1v) is 10.4. The number of halogens is 1. The SMILES string of the molecule is CCOC(=O)C1C2CC(OCc3ccc(F)cc3)C(=N[S+]([O-])C(C)(C)C)C21. The molecule has 5 nitrogen and oxygen atoms in total. The van der Waals surface area contributed by atoms with Gasteiger partial charge in [-0.2, -0.15) is 0 Å². The van der Waals surface area contributed by atoms with Crippen LogP contribution < -0.4 is 0 Å². The van der Waals surface area contributed by atoms with Gasteiger partial charge in [0.1, 0.15) is 33.7 Å². The summed E-state index contributed by atoms with van der Waals surface area (Å²) < 4.78 is 40.7. The quantitative estimate of drug-likeness (QED) is 0.546. The fraction of sp³-hybridized carbons (Fsp3) is 0.600. The van der Waals surface area contributed by atoms with E-state index in [2.05, 4.69) is 4.40 Å². The largest absolute Gasteiger partial charge is 0.591 e. The summed E-state index contributed by atoms with van der Waals surface area (Å²) in [7, 11) is 0. The van der Waals surface area contributed by atoms with E-state index in [1.165, 1.54) is 12.1 Å². The molecule has 0 radical (unpaired) electrons. The maximum Gasteiger partial charge on any atom is 0.309 e. The smallest absolute Gasteiger partial charge is 0.309 e. The fourth-order valence-electron chi connectivity index (χ4n) is 3.50. The fourth-order valence-corrected chi connectivity index (χ4v) is 4.20. The van der Waals surface area contributed by atoms with E-state index in [0.717, 1.165) is 5.56 Å². The number of fused-ring (bicyclic) bond motifs is 1. The Bertz CT molecular complexity index is 716. The zero-order chi connectivity index (χ0) is 19.8. The number of hydrogen-bond acceptors (Lipinski definition) is 5. The van der Waals surface area contributed by atoms with Crippen LogP contribution in [0.3, 0.4) is 0 Å². The van der Waals surface area contributed by atoms with Crippen molar-refractivity contribution in [1.82, 2.24) is 0 Å². The molecule has 148 valence electrons. The number of benzene rings is 1. The molecule has 27 heavy (non-hydrogen) atoms. The minimum Gasteiger partial charge on any atom is -0.591 e. The van der Waals surface area contributed by atoms with Crippen molar-refractivity contribution in [2.24, 2.45) is 22.2 Å². The summed E-state index contributed by atoms with van der Waals surface area (Å²) in [6, 6.07) is 6.14. The summed E-state index contributed by atoms with van der Waals surface area (Å²) >= 11 is -1.42. The van der Waals surface area contributed by atoms with Crippen LogP contribution in [0.25, 0.3) is 0 Å². The van der Waals surface area contributed by atoms with Gasteiger partial charge in [0.25, 0.3) is 0 Å². The molecule has 0 saturated heterocycles. The lowest BCUT2D eigenvalue weighted by atomic mass is 10.1. The maximum absolute atomic E-state index is 13.0. The Morgan fingerprint density at radius 2 is 2.00 bits per heavy atom. The van der Waals surface area contributed by atoms with E-state index in [0.29, 0.717) is 25.3 Å². The van der Waals surface area contributed by atoms with Crippen molar-refractivity contribution in [2.75, 3.05) is 6.61 Å². The minimum atomic E-state index is -1.42. The number of nitrogens with zero attached hydrogens (tertiary/aromatic N) is 1. The molecular weight excluding hydrogens is 369 g/mol. The summed E-state index contributed by atoms with van der Waals surface area (Å²) in [5, 5.41) is 0. The molecule has 2 aliphatic carbocycles. The molecule has 0 spiro atoms. The number of rotatable bonds is 6. The van der Waals surface area contributed by atoms with E-state index in [-0.39, 0.29) is 35.6 Å². The van der Waals surface area contributed by atoms with Gasteiger partial charge in [-0.1, -0.05) is 16.5 Å². The van der Waals surface area contributed by atoms with Crippen LogP contribution >= 0.6 is 0 Å². The molecule has 0 aliphatic heterocycles. The number of carbonyl (C=O) groups excluding carboxylic acids is 1. The summed E-state index contributed by atoms with van der Waals surface area (Å²) in [5.74, 6) is -0.613. The summed E-state index contributed by atoms with van der Waals surface area (Å²) in [6.45, 7) is 8.04. The molecule has 3 rings (SSSR count). The van der Waals surface area contributed by atoms with Gasteiger partial charge in [0.2, 0.25) is 0 Å². The van der Waals surface area contributed by atoms with E-state index in [1.54, 1.807) is 19.1 Å². The molecule has 2 fully saturated rings. The Labute approximate surface area is 162 Å². The van der Waals surface area contributed by atoms with Gasteiger partial charge in [0, 0.05) is 5.92 Å². The van der Waals surface area contributed by atoms with E-state index in [9.17, 15) is 13.7 Å². The first-order valence-electron chi connectivity index (χ1n) is 9.25. The predicted molar refractivity (Wildman–Crippen MR) is 102 cm³/mol. The highest BCUT2D eigenvalue weighted by Crippen LogP contribution is 2.57. The standard InChI is InChI=1S/C20H26FNO4S/c1-5-25-19(23)17-14-10-15(26-11-12-6-8-13(21)9-7-12)18(16(14)17)22-27(24)20(2,3)4/h6-9,14-17H,5,10-11H2,1-4H3. The molecule has 2 saturated carbocycles. The molecule has 0 amide bonds. The lowest BCUT2D eigenvalue weighted by molar-refractivity contribution is -0.145. The van der Waals surface area contributed by atoms with Crippen molar-refractivity contribution in [3.8, 4) is 0 Å². The van der Waals surface area contributed by atoms with Gasteiger partial charge in [0.05, 0.1) is 19.1 Å². The average Bonchev–Trinajstić information content (AvgIpc) is 3.20. The Hall–Kier alpha value is -1.44. The maximum atomic E-state index is 13.0. The lowest BCUT2D eigenvalue weighted by Gasteiger charge is -2.22. The van der Waals surface area contributed by atoms with Gasteiger partial charge in [-0.15, -0.1) is 0 Å². The van der Waals surface area contributed by atoms with Crippen LogP contribution in [-0.2, 0) is 32.2 Å². The molecule has 7 heteroatoms. The predicted octanol–water partition coefficient (Wildman–Crippen LogP) is 3.44. The third-order valence-electron chi connectivity index (χ3n) is 4.96. The third-order valence-corrected chi connectivity index (χ3v) is 6.39. The van der Waals surface area contributed by atoms with Crippen LogP contribution in [0, 0.1) is 23.6 Å². The summed E-state index contributed by atoms with van der Waals surface area (Å²) in [4.78, 5) is 12.1. The summed E-state index contributed by atoms with van der Waals surface area (Å²) in [5.41, 5.74) is 1.56. The van der Waals surface area contributed by atoms with Crippen LogP contribution in [0.5, 0.6) is 0 Å². The lowest BCUT2D eigenvalue weighted by Crippen LogP contribution is -2.31. The van der Waals surface area contributed by atoms with Crippen molar-refractivity contribution in [3.05, 3.63) is 35.6 Å². The highest BCUT2D eigenvalue weighted by molar-refractivity contribution is 7.91. The van der Waals surface area contributed by atoms with Gasteiger partial charge in [-0.3, -0.25) is 4.79 Å². The van der Waals surface area contributed by atoms with E-state index < -0.39 is 16.1 Å². The Kier molecular flexibility index (Phi) is 5.93. The second-order valence-corrected chi connectivity index (χ2v) is 9.91. The molecule has 1 aromatic carbocycles. The Balaban J connectivity index is 1.73. The summed E-state index contributed by atoms with van der Waals surface area (Å²) in [6.07, 6.45) is 0.386. The van der Waals surface area contributed by atoms with Crippen molar-refractivity contribution in [1.29, 1.82) is 0 Å². The topological polar surface area (TPSA) is 71.0 Å². The van der Waals surface area contributed by atoms with Gasteiger partial charge < -0.3 is 14.0 Å². The zero-order valence-corrected chi connectivity index (χ0v) is 16.9. The molecule has 2 aliphatic rings. The normalized spacial score (nSPS) is 29.5. The average molecular weight is 395 g/mol. The van der Waals surface area contributed by atoms with Crippen LogP contribution in [0.2, 0.25) is 0 Å². The molecule has 0 bridgehead atoms. The van der Waals surface area contributed by atoms with Gasteiger partial charge in [0.15, 0.2) is 0 Å². The number of ether oxygens (including phenoxy) is 2. The molecule has 0 N–H and O–H groups in total. The van der Waals surface area contributed by atoms with Crippen LogP contribution in [0.4, 0.5) is 4.39 Å². The number of esters is 1. The number of carbonyl (C=O) groups is 1. The van der Waals surface area contributed by atoms with Crippen LogP contribution in [0.1, 0.15) is 39.7 Å². The molecule has 0 heterocycles. The first-order chi connectivity index (χ1) is 12.7. The Morgan fingerprint density at radius 3 is 2.59 bits per heavy atom. The van der Waals surface area contributed by atoms with Crippen molar-refractivity contribution in [3.63, 3.8) is 0 Å². The van der Waals surface area contributed by atoms with Crippen molar-refractivity contribution < 1.29 is 23.2 Å². The van der Waals surface area contributed by atoms with E-state index >= 15 is 0 Å². The third kappa shape index (κ3) is 4.52.